The van der Waals surface area contributed by atoms with Gasteiger partial charge in [0.05, 0.1) is 18.1 Å². The summed E-state index contributed by atoms with van der Waals surface area (Å²) in [7, 11) is 0. The molecule has 70 valence electrons. The number of nitrogens with zero attached hydrogens (tertiary/aromatic N) is 2. The lowest BCUT2D eigenvalue weighted by Crippen LogP contribution is -1.87. The van der Waals surface area contributed by atoms with E-state index in [1.54, 1.807) is 12.4 Å². The quantitative estimate of drug-likeness (QED) is 0.714. The second-order valence-electron chi connectivity index (χ2n) is 3.04. The second-order valence-corrected chi connectivity index (χ2v) is 3.43. The van der Waals surface area contributed by atoms with Crippen LogP contribution in [0.5, 0.6) is 0 Å². The fourth-order valence-corrected chi connectivity index (χ4v) is 1.41. The Bertz CT molecular complexity index is 437. The van der Waals surface area contributed by atoms with Crippen LogP contribution in [0.4, 0.5) is 0 Å². The van der Waals surface area contributed by atoms with Crippen molar-refractivity contribution in [1.29, 1.82) is 0 Å². The molecule has 14 heavy (non-hydrogen) atoms. The standard InChI is InChI=1S/C11H9ClN2/c1-8-4-2-3-5-9(8)10-6-14-11(12)7-13-10/h2-7H,1H3. The Labute approximate surface area is 87.6 Å². The number of halogens is 1. The van der Waals surface area contributed by atoms with Gasteiger partial charge in [-0.2, -0.15) is 0 Å². The molecule has 0 bridgehead atoms. The Balaban J connectivity index is 2.50. The van der Waals surface area contributed by atoms with Gasteiger partial charge < -0.3 is 0 Å². The summed E-state index contributed by atoms with van der Waals surface area (Å²) in [6, 6.07) is 8.06. The van der Waals surface area contributed by atoms with Crippen molar-refractivity contribution >= 4 is 11.6 Å². The van der Waals surface area contributed by atoms with Gasteiger partial charge in [-0.1, -0.05) is 35.9 Å². The normalized spacial score (nSPS) is 10.1. The lowest BCUT2D eigenvalue weighted by Gasteiger charge is -2.03. The minimum Gasteiger partial charge on any atom is -0.251 e. The van der Waals surface area contributed by atoms with Crippen molar-refractivity contribution < 1.29 is 0 Å². The van der Waals surface area contributed by atoms with E-state index in [-0.39, 0.29) is 0 Å². The predicted octanol–water partition coefficient (Wildman–Crippen LogP) is 3.11. The molecular weight excluding hydrogens is 196 g/mol. The van der Waals surface area contributed by atoms with Crippen molar-refractivity contribution in [3.63, 3.8) is 0 Å². The average molecular weight is 205 g/mol. The van der Waals surface area contributed by atoms with E-state index in [9.17, 15) is 0 Å². The van der Waals surface area contributed by atoms with Crippen LogP contribution >= 0.6 is 11.6 Å². The number of hydrogen-bond donors (Lipinski definition) is 0. The average Bonchev–Trinajstić information content (AvgIpc) is 2.20. The Morgan fingerprint density at radius 1 is 1.07 bits per heavy atom. The Morgan fingerprint density at radius 2 is 1.86 bits per heavy atom. The van der Waals surface area contributed by atoms with Crippen LogP contribution in [0.2, 0.25) is 5.15 Å². The number of benzene rings is 1. The molecule has 1 heterocycles. The zero-order valence-electron chi connectivity index (χ0n) is 7.74. The molecule has 0 aliphatic heterocycles. The summed E-state index contributed by atoms with van der Waals surface area (Å²) in [5.41, 5.74) is 3.13. The molecule has 0 unspecified atom stereocenters. The smallest absolute Gasteiger partial charge is 0.147 e. The van der Waals surface area contributed by atoms with Gasteiger partial charge in [-0.25, -0.2) is 4.98 Å². The highest BCUT2D eigenvalue weighted by molar-refractivity contribution is 6.29. The van der Waals surface area contributed by atoms with Crippen LogP contribution in [-0.4, -0.2) is 9.97 Å². The summed E-state index contributed by atoms with van der Waals surface area (Å²) in [4.78, 5) is 8.21. The number of hydrogen-bond acceptors (Lipinski definition) is 2. The zero-order chi connectivity index (χ0) is 9.97. The largest absolute Gasteiger partial charge is 0.251 e. The second kappa shape index (κ2) is 3.76. The molecule has 0 fully saturated rings. The maximum atomic E-state index is 5.67. The van der Waals surface area contributed by atoms with Gasteiger partial charge in [0.15, 0.2) is 0 Å². The van der Waals surface area contributed by atoms with Gasteiger partial charge >= 0.3 is 0 Å². The van der Waals surface area contributed by atoms with Crippen molar-refractivity contribution in [2.24, 2.45) is 0 Å². The summed E-state index contributed by atoms with van der Waals surface area (Å²) in [6.07, 6.45) is 3.24. The first-order chi connectivity index (χ1) is 6.77. The molecule has 0 spiro atoms. The van der Waals surface area contributed by atoms with Crippen molar-refractivity contribution in [3.05, 3.63) is 47.4 Å². The van der Waals surface area contributed by atoms with E-state index in [0.29, 0.717) is 5.15 Å². The van der Waals surface area contributed by atoms with E-state index in [2.05, 4.69) is 9.97 Å². The summed E-state index contributed by atoms with van der Waals surface area (Å²) < 4.78 is 0. The van der Waals surface area contributed by atoms with Crippen molar-refractivity contribution in [2.75, 3.05) is 0 Å². The molecule has 0 aliphatic carbocycles. The summed E-state index contributed by atoms with van der Waals surface area (Å²) in [5.74, 6) is 0. The number of aryl methyl sites for hydroxylation is 1. The van der Waals surface area contributed by atoms with Crippen LogP contribution < -0.4 is 0 Å². The lowest BCUT2D eigenvalue weighted by molar-refractivity contribution is 1.20. The fraction of sp³-hybridized carbons (Fsp3) is 0.0909. The Kier molecular flexibility index (Phi) is 2.46. The molecule has 2 rings (SSSR count). The van der Waals surface area contributed by atoms with Gasteiger partial charge in [0.25, 0.3) is 0 Å². The molecule has 1 aromatic carbocycles. The van der Waals surface area contributed by atoms with E-state index in [1.165, 1.54) is 5.56 Å². The number of rotatable bonds is 1. The monoisotopic (exact) mass is 204 g/mol. The first-order valence-corrected chi connectivity index (χ1v) is 4.69. The molecule has 0 atom stereocenters. The van der Waals surface area contributed by atoms with E-state index in [1.807, 2.05) is 31.2 Å². The topological polar surface area (TPSA) is 25.8 Å². The predicted molar refractivity (Wildman–Crippen MR) is 57.2 cm³/mol. The fourth-order valence-electron chi connectivity index (χ4n) is 1.31. The van der Waals surface area contributed by atoms with E-state index >= 15 is 0 Å². The molecule has 0 saturated heterocycles. The molecule has 0 saturated carbocycles. The van der Waals surface area contributed by atoms with E-state index < -0.39 is 0 Å². The summed E-state index contributed by atoms with van der Waals surface area (Å²) in [6.45, 7) is 2.05. The van der Waals surface area contributed by atoms with Crippen LogP contribution in [0, 0.1) is 6.92 Å². The van der Waals surface area contributed by atoms with Crippen LogP contribution in [0.3, 0.4) is 0 Å². The molecule has 1 aromatic heterocycles. The Morgan fingerprint density at radius 3 is 2.50 bits per heavy atom. The molecule has 0 amide bonds. The molecule has 2 nitrogen and oxygen atoms in total. The molecule has 2 aromatic rings. The molecular formula is C11H9ClN2. The molecule has 0 aliphatic rings. The minimum absolute atomic E-state index is 0.419. The summed E-state index contributed by atoms with van der Waals surface area (Å²) in [5, 5.41) is 0.419. The lowest BCUT2D eigenvalue weighted by atomic mass is 10.1. The minimum atomic E-state index is 0.419. The van der Waals surface area contributed by atoms with E-state index in [0.717, 1.165) is 11.3 Å². The van der Waals surface area contributed by atoms with Gasteiger partial charge in [0.1, 0.15) is 5.15 Å². The maximum Gasteiger partial charge on any atom is 0.147 e. The van der Waals surface area contributed by atoms with Gasteiger partial charge in [-0.3, -0.25) is 4.98 Å². The highest BCUT2D eigenvalue weighted by Crippen LogP contribution is 2.20. The van der Waals surface area contributed by atoms with Crippen LogP contribution in [0.15, 0.2) is 36.7 Å². The van der Waals surface area contributed by atoms with Gasteiger partial charge in [-0.05, 0) is 12.5 Å². The highest BCUT2D eigenvalue weighted by Gasteiger charge is 2.01. The maximum absolute atomic E-state index is 5.67. The van der Waals surface area contributed by atoms with Gasteiger partial charge in [0.2, 0.25) is 0 Å². The third kappa shape index (κ3) is 1.75. The van der Waals surface area contributed by atoms with Crippen molar-refractivity contribution in [1.82, 2.24) is 9.97 Å². The summed E-state index contributed by atoms with van der Waals surface area (Å²) >= 11 is 5.67. The van der Waals surface area contributed by atoms with Gasteiger partial charge in [-0.15, -0.1) is 0 Å². The third-order valence-electron chi connectivity index (χ3n) is 2.04. The molecule has 0 N–H and O–H groups in total. The zero-order valence-corrected chi connectivity index (χ0v) is 8.49. The SMILES string of the molecule is Cc1ccccc1-c1cnc(Cl)cn1. The molecule has 3 heteroatoms. The first kappa shape index (κ1) is 9.16. The third-order valence-corrected chi connectivity index (χ3v) is 2.24. The van der Waals surface area contributed by atoms with Crippen molar-refractivity contribution in [2.45, 2.75) is 6.92 Å². The van der Waals surface area contributed by atoms with Crippen LogP contribution in [0.25, 0.3) is 11.3 Å². The van der Waals surface area contributed by atoms with Gasteiger partial charge in [0, 0.05) is 5.56 Å². The van der Waals surface area contributed by atoms with Crippen molar-refractivity contribution in [3.8, 4) is 11.3 Å². The Hall–Kier alpha value is -1.41. The van der Waals surface area contributed by atoms with E-state index in [4.69, 9.17) is 11.6 Å². The number of aromatic nitrogens is 2. The van der Waals surface area contributed by atoms with Crippen LogP contribution in [0.1, 0.15) is 5.56 Å². The highest BCUT2D eigenvalue weighted by atomic mass is 35.5. The first-order valence-electron chi connectivity index (χ1n) is 4.31. The molecule has 0 radical (unpaired) electrons. The van der Waals surface area contributed by atoms with Crippen LogP contribution in [-0.2, 0) is 0 Å².